The van der Waals surface area contributed by atoms with Crippen LogP contribution >= 0.6 is 0 Å². The van der Waals surface area contributed by atoms with Crippen LogP contribution < -0.4 is 19.3 Å². The molecule has 124 valence electrons. The largest absolute Gasteiger partial charge is 0.872 e. The second-order valence-electron chi connectivity index (χ2n) is 4.94. The third-order valence-electron chi connectivity index (χ3n) is 3.59. The molecule has 24 heavy (non-hydrogen) atoms. The molecule has 0 radical (unpaired) electrons. The van der Waals surface area contributed by atoms with Crippen molar-refractivity contribution in [1.29, 1.82) is 0 Å². The summed E-state index contributed by atoms with van der Waals surface area (Å²) in [5.41, 5.74) is 2.26. The van der Waals surface area contributed by atoms with Gasteiger partial charge in [0.25, 0.3) is 0 Å². The summed E-state index contributed by atoms with van der Waals surface area (Å²) in [5.74, 6) is 1.48. The third-order valence-corrected chi connectivity index (χ3v) is 3.59. The molecule has 0 fully saturated rings. The summed E-state index contributed by atoms with van der Waals surface area (Å²) in [7, 11) is 4.65. The lowest BCUT2D eigenvalue weighted by molar-refractivity contribution is -0.268. The summed E-state index contributed by atoms with van der Waals surface area (Å²) in [6, 6.07) is 10.0. The first-order valence-corrected chi connectivity index (χ1v) is 7.16. The van der Waals surface area contributed by atoms with Crippen molar-refractivity contribution in [2.45, 2.75) is 0 Å². The minimum absolute atomic E-state index is 0.0504. The van der Waals surface area contributed by atoms with Gasteiger partial charge < -0.3 is 19.3 Å². The van der Waals surface area contributed by atoms with Crippen LogP contribution in [0.15, 0.2) is 42.6 Å². The maximum Gasteiger partial charge on any atom is 0.203 e. The van der Waals surface area contributed by atoms with Crippen LogP contribution in [0.5, 0.6) is 23.0 Å². The molecule has 3 aromatic rings. The Morgan fingerprint density at radius 1 is 0.917 bits per heavy atom. The molecule has 3 rings (SSSR count). The highest BCUT2D eigenvalue weighted by molar-refractivity contribution is 5.64. The predicted molar refractivity (Wildman–Crippen MR) is 85.9 cm³/mol. The molecule has 0 saturated carbocycles. The Balaban J connectivity index is 2.14. The summed E-state index contributed by atoms with van der Waals surface area (Å²) in [6.45, 7) is 0. The van der Waals surface area contributed by atoms with Crippen molar-refractivity contribution in [3.05, 3.63) is 42.6 Å². The Kier molecular flexibility index (Phi) is 4.24. The SMILES string of the molecule is COc1cc(-n2nncc2-c2ccc([O-])cc2)cc(OC)c1OC. The van der Waals surface area contributed by atoms with Crippen molar-refractivity contribution in [3.63, 3.8) is 0 Å². The number of methoxy groups -OCH3 is 3. The van der Waals surface area contributed by atoms with Crippen molar-refractivity contribution in [3.8, 4) is 39.9 Å². The van der Waals surface area contributed by atoms with Crippen LogP contribution in [-0.2, 0) is 0 Å². The van der Waals surface area contributed by atoms with Gasteiger partial charge in [0.2, 0.25) is 5.75 Å². The van der Waals surface area contributed by atoms with Crippen molar-refractivity contribution >= 4 is 0 Å². The van der Waals surface area contributed by atoms with Crippen LogP contribution in [0.3, 0.4) is 0 Å². The van der Waals surface area contributed by atoms with Gasteiger partial charge in [-0.25, -0.2) is 4.68 Å². The second kappa shape index (κ2) is 6.49. The van der Waals surface area contributed by atoms with Gasteiger partial charge in [-0.3, -0.25) is 0 Å². The molecule has 0 aliphatic rings. The highest BCUT2D eigenvalue weighted by Crippen LogP contribution is 2.39. The van der Waals surface area contributed by atoms with Gasteiger partial charge in [0.1, 0.15) is 0 Å². The zero-order valence-electron chi connectivity index (χ0n) is 13.5. The van der Waals surface area contributed by atoms with Crippen molar-refractivity contribution < 1.29 is 19.3 Å². The molecule has 7 nitrogen and oxygen atoms in total. The van der Waals surface area contributed by atoms with E-state index in [2.05, 4.69) is 10.3 Å². The summed E-state index contributed by atoms with van der Waals surface area (Å²) >= 11 is 0. The van der Waals surface area contributed by atoms with Crippen molar-refractivity contribution in [1.82, 2.24) is 15.0 Å². The van der Waals surface area contributed by atoms with Crippen molar-refractivity contribution in [2.75, 3.05) is 21.3 Å². The van der Waals surface area contributed by atoms with E-state index in [1.807, 2.05) is 0 Å². The molecule has 0 bridgehead atoms. The van der Waals surface area contributed by atoms with E-state index >= 15 is 0 Å². The van der Waals surface area contributed by atoms with Crippen LogP contribution in [0.1, 0.15) is 0 Å². The molecule has 0 unspecified atom stereocenters. The molecule has 1 aromatic heterocycles. The smallest absolute Gasteiger partial charge is 0.203 e. The summed E-state index contributed by atoms with van der Waals surface area (Å²) in [4.78, 5) is 0. The third kappa shape index (κ3) is 2.71. The standard InChI is InChI=1S/C17H17N3O4/c1-22-15-8-12(9-16(23-2)17(15)24-3)20-14(10-18-19-20)11-4-6-13(21)7-5-11/h4-10,21H,1-3H3/p-1. The topological polar surface area (TPSA) is 81.5 Å². The van der Waals surface area contributed by atoms with Gasteiger partial charge in [0, 0.05) is 17.7 Å². The first-order valence-electron chi connectivity index (χ1n) is 7.16. The maximum atomic E-state index is 11.3. The fraction of sp³-hybridized carbons (Fsp3) is 0.176. The first kappa shape index (κ1) is 15.7. The summed E-state index contributed by atoms with van der Waals surface area (Å²) in [6.07, 6.45) is 1.63. The molecule has 1 heterocycles. The minimum atomic E-state index is -0.0504. The number of rotatable bonds is 5. The number of benzene rings is 2. The first-order chi connectivity index (χ1) is 11.7. The highest BCUT2D eigenvalue weighted by atomic mass is 16.5. The summed E-state index contributed by atoms with van der Waals surface area (Å²) < 4.78 is 17.7. The normalized spacial score (nSPS) is 10.5. The van der Waals surface area contributed by atoms with E-state index in [1.54, 1.807) is 56.5 Å². The molecule has 7 heteroatoms. The Bertz CT molecular complexity index is 818. The minimum Gasteiger partial charge on any atom is -0.872 e. The van der Waals surface area contributed by atoms with Gasteiger partial charge in [0.15, 0.2) is 11.5 Å². The van der Waals surface area contributed by atoms with Crippen LogP contribution in [0, 0.1) is 0 Å². The van der Waals surface area contributed by atoms with E-state index in [0.29, 0.717) is 22.9 Å². The number of nitrogens with zero attached hydrogens (tertiary/aromatic N) is 3. The van der Waals surface area contributed by atoms with Crippen LogP contribution in [-0.4, -0.2) is 36.3 Å². The molecule has 0 aliphatic carbocycles. The molecular weight excluding hydrogens is 310 g/mol. The predicted octanol–water partition coefficient (Wildman–Crippen LogP) is 2.03. The van der Waals surface area contributed by atoms with Crippen molar-refractivity contribution in [2.24, 2.45) is 0 Å². The lowest BCUT2D eigenvalue weighted by Crippen LogP contribution is -2.02. The van der Waals surface area contributed by atoms with Gasteiger partial charge >= 0.3 is 0 Å². The Morgan fingerprint density at radius 3 is 2.08 bits per heavy atom. The van der Waals surface area contributed by atoms with Gasteiger partial charge in [-0.15, -0.1) is 10.8 Å². The molecule has 2 aromatic carbocycles. The van der Waals surface area contributed by atoms with E-state index in [9.17, 15) is 5.11 Å². The second-order valence-corrected chi connectivity index (χ2v) is 4.94. The van der Waals surface area contributed by atoms with E-state index in [-0.39, 0.29) is 5.75 Å². The van der Waals surface area contributed by atoms with Crippen LogP contribution in [0.4, 0.5) is 0 Å². The quantitative estimate of drug-likeness (QED) is 0.713. The fourth-order valence-corrected chi connectivity index (χ4v) is 2.44. The Morgan fingerprint density at radius 2 is 1.54 bits per heavy atom. The monoisotopic (exact) mass is 326 g/mol. The number of hydrogen-bond donors (Lipinski definition) is 0. The lowest BCUT2D eigenvalue weighted by Gasteiger charge is -2.15. The average molecular weight is 326 g/mol. The van der Waals surface area contributed by atoms with Gasteiger partial charge in [-0.2, -0.15) is 0 Å². The fourth-order valence-electron chi connectivity index (χ4n) is 2.44. The maximum absolute atomic E-state index is 11.3. The lowest BCUT2D eigenvalue weighted by atomic mass is 10.1. The summed E-state index contributed by atoms with van der Waals surface area (Å²) in [5, 5.41) is 19.4. The molecule has 0 N–H and O–H groups in total. The average Bonchev–Trinajstić information content (AvgIpc) is 3.10. The molecule has 0 spiro atoms. The molecule has 0 aliphatic heterocycles. The zero-order chi connectivity index (χ0) is 17.1. The zero-order valence-corrected chi connectivity index (χ0v) is 13.5. The molecule has 0 atom stereocenters. The van der Waals surface area contributed by atoms with Gasteiger partial charge in [0.05, 0.1) is 38.9 Å². The van der Waals surface area contributed by atoms with E-state index in [1.165, 1.54) is 12.1 Å². The van der Waals surface area contributed by atoms with Crippen LogP contribution in [0.2, 0.25) is 0 Å². The number of hydrogen-bond acceptors (Lipinski definition) is 6. The van der Waals surface area contributed by atoms with E-state index in [0.717, 1.165) is 11.3 Å². The van der Waals surface area contributed by atoms with E-state index < -0.39 is 0 Å². The molecule has 0 amide bonds. The number of aromatic nitrogens is 3. The Labute approximate surface area is 139 Å². The van der Waals surface area contributed by atoms with E-state index in [4.69, 9.17) is 14.2 Å². The molecular formula is C17H16N3O4-. The highest BCUT2D eigenvalue weighted by Gasteiger charge is 2.16. The Hall–Kier alpha value is -3.22. The van der Waals surface area contributed by atoms with Crippen LogP contribution in [0.25, 0.3) is 16.9 Å². The molecule has 0 saturated heterocycles. The number of ether oxygens (including phenoxy) is 3. The van der Waals surface area contributed by atoms with Gasteiger partial charge in [-0.1, -0.05) is 29.5 Å². The van der Waals surface area contributed by atoms with Gasteiger partial charge in [-0.05, 0) is 0 Å².